The van der Waals surface area contributed by atoms with Crippen LogP contribution in [0.3, 0.4) is 0 Å². The number of rotatable bonds is 3. The van der Waals surface area contributed by atoms with Crippen LogP contribution in [0.15, 0.2) is 0 Å². The number of hydrogen-bond acceptors (Lipinski definition) is 3. The lowest BCUT2D eigenvalue weighted by molar-refractivity contribution is -0.133. The SMILES string of the molecule is CC1CCC(N(C)C(=O)CN2CCSCC2)CC1. The normalized spacial score (nSPS) is 30.1. The molecule has 2 aliphatic rings. The smallest absolute Gasteiger partial charge is 0.236 e. The molecule has 0 aromatic heterocycles. The fourth-order valence-corrected chi connectivity index (χ4v) is 3.87. The van der Waals surface area contributed by atoms with Crippen LogP contribution in [0.1, 0.15) is 32.6 Å². The molecule has 0 N–H and O–H groups in total. The number of carbonyl (C=O) groups excluding carboxylic acids is 1. The van der Waals surface area contributed by atoms with Crippen LogP contribution in [0.2, 0.25) is 0 Å². The molecule has 2 fully saturated rings. The van der Waals surface area contributed by atoms with Gasteiger partial charge in [-0.3, -0.25) is 9.69 Å². The van der Waals surface area contributed by atoms with E-state index in [0.29, 0.717) is 18.5 Å². The molecule has 0 atom stereocenters. The van der Waals surface area contributed by atoms with Crippen molar-refractivity contribution in [3.8, 4) is 0 Å². The average Bonchev–Trinajstić information content (AvgIpc) is 2.40. The van der Waals surface area contributed by atoms with Gasteiger partial charge in [-0.15, -0.1) is 0 Å². The molecule has 0 bridgehead atoms. The van der Waals surface area contributed by atoms with E-state index in [4.69, 9.17) is 0 Å². The Labute approximate surface area is 115 Å². The van der Waals surface area contributed by atoms with E-state index in [1.165, 1.54) is 37.2 Å². The van der Waals surface area contributed by atoms with E-state index in [-0.39, 0.29) is 0 Å². The van der Waals surface area contributed by atoms with E-state index in [9.17, 15) is 4.79 Å². The number of nitrogens with zero attached hydrogens (tertiary/aromatic N) is 2. The van der Waals surface area contributed by atoms with Crippen molar-refractivity contribution in [3.63, 3.8) is 0 Å². The van der Waals surface area contributed by atoms with Crippen LogP contribution in [0.5, 0.6) is 0 Å². The first-order chi connectivity index (χ1) is 8.66. The van der Waals surface area contributed by atoms with Gasteiger partial charge in [0.25, 0.3) is 0 Å². The summed E-state index contributed by atoms with van der Waals surface area (Å²) in [5.41, 5.74) is 0. The number of carbonyl (C=O) groups is 1. The molecular weight excluding hydrogens is 244 g/mol. The highest BCUT2D eigenvalue weighted by molar-refractivity contribution is 7.99. The van der Waals surface area contributed by atoms with Crippen molar-refractivity contribution in [3.05, 3.63) is 0 Å². The Hall–Kier alpha value is -0.220. The maximum atomic E-state index is 12.3. The third-order valence-electron chi connectivity index (χ3n) is 4.39. The molecule has 1 saturated heterocycles. The zero-order chi connectivity index (χ0) is 13.0. The van der Waals surface area contributed by atoms with Crippen LogP contribution in [-0.4, -0.2) is 59.9 Å². The molecule has 2 rings (SSSR count). The molecule has 0 spiro atoms. The summed E-state index contributed by atoms with van der Waals surface area (Å²) in [5, 5.41) is 0. The highest BCUT2D eigenvalue weighted by Gasteiger charge is 2.25. The molecule has 1 heterocycles. The van der Waals surface area contributed by atoms with Crippen molar-refractivity contribution in [1.29, 1.82) is 0 Å². The van der Waals surface area contributed by atoms with Gasteiger partial charge in [0.05, 0.1) is 6.54 Å². The van der Waals surface area contributed by atoms with Gasteiger partial charge in [0.15, 0.2) is 0 Å². The van der Waals surface area contributed by atoms with Gasteiger partial charge in [-0.25, -0.2) is 0 Å². The lowest BCUT2D eigenvalue weighted by Gasteiger charge is -2.35. The fourth-order valence-electron chi connectivity index (χ4n) is 2.90. The number of amides is 1. The molecule has 1 saturated carbocycles. The van der Waals surface area contributed by atoms with E-state index >= 15 is 0 Å². The van der Waals surface area contributed by atoms with E-state index in [1.807, 2.05) is 23.7 Å². The Morgan fingerprint density at radius 3 is 2.44 bits per heavy atom. The minimum Gasteiger partial charge on any atom is -0.342 e. The minimum absolute atomic E-state index is 0.321. The first-order valence-electron chi connectivity index (χ1n) is 7.22. The summed E-state index contributed by atoms with van der Waals surface area (Å²) < 4.78 is 0. The van der Waals surface area contributed by atoms with Crippen LogP contribution in [0.25, 0.3) is 0 Å². The monoisotopic (exact) mass is 270 g/mol. The van der Waals surface area contributed by atoms with Gasteiger partial charge < -0.3 is 4.90 Å². The van der Waals surface area contributed by atoms with Crippen molar-refractivity contribution >= 4 is 17.7 Å². The lowest BCUT2D eigenvalue weighted by atomic mass is 9.87. The maximum absolute atomic E-state index is 12.3. The largest absolute Gasteiger partial charge is 0.342 e. The summed E-state index contributed by atoms with van der Waals surface area (Å²) in [6.07, 6.45) is 4.95. The van der Waals surface area contributed by atoms with Gasteiger partial charge in [-0.1, -0.05) is 6.92 Å². The van der Waals surface area contributed by atoms with E-state index in [0.717, 1.165) is 19.0 Å². The van der Waals surface area contributed by atoms with Crippen molar-refractivity contribution in [2.24, 2.45) is 5.92 Å². The summed E-state index contributed by atoms with van der Waals surface area (Å²) in [4.78, 5) is 16.6. The van der Waals surface area contributed by atoms with Gasteiger partial charge in [0.1, 0.15) is 0 Å². The van der Waals surface area contributed by atoms with Crippen molar-refractivity contribution < 1.29 is 4.79 Å². The second-order valence-electron chi connectivity index (χ2n) is 5.81. The standard InChI is InChI=1S/C14H26N2OS/c1-12-3-5-13(6-4-12)15(2)14(17)11-16-7-9-18-10-8-16/h12-13H,3-11H2,1-2H3. The van der Waals surface area contributed by atoms with Gasteiger partial charge >= 0.3 is 0 Å². The summed E-state index contributed by atoms with van der Waals surface area (Å²) in [6, 6.07) is 0.493. The second-order valence-corrected chi connectivity index (χ2v) is 7.03. The first kappa shape index (κ1) is 14.2. The quantitative estimate of drug-likeness (QED) is 0.784. The molecule has 1 amide bonds. The molecule has 4 heteroatoms. The van der Waals surface area contributed by atoms with Crippen molar-refractivity contribution in [1.82, 2.24) is 9.80 Å². The topological polar surface area (TPSA) is 23.6 Å². The number of likely N-dealkylation sites (N-methyl/N-ethyl adjacent to an activating group) is 1. The third kappa shape index (κ3) is 3.89. The van der Waals surface area contributed by atoms with Crippen LogP contribution >= 0.6 is 11.8 Å². The molecule has 3 nitrogen and oxygen atoms in total. The molecule has 0 aromatic carbocycles. The van der Waals surface area contributed by atoms with Crippen molar-refractivity contribution in [2.75, 3.05) is 38.2 Å². The van der Waals surface area contributed by atoms with Crippen LogP contribution in [-0.2, 0) is 4.79 Å². The zero-order valence-electron chi connectivity index (χ0n) is 11.7. The summed E-state index contributed by atoms with van der Waals surface area (Å²) >= 11 is 2.00. The Morgan fingerprint density at radius 1 is 1.22 bits per heavy atom. The number of hydrogen-bond donors (Lipinski definition) is 0. The first-order valence-corrected chi connectivity index (χ1v) is 8.38. The second kappa shape index (κ2) is 6.80. The van der Waals surface area contributed by atoms with E-state index in [1.54, 1.807) is 0 Å². The lowest BCUT2D eigenvalue weighted by Crippen LogP contribution is -2.46. The molecule has 104 valence electrons. The van der Waals surface area contributed by atoms with E-state index in [2.05, 4.69) is 11.8 Å². The Balaban J connectivity index is 1.77. The average molecular weight is 270 g/mol. The molecule has 18 heavy (non-hydrogen) atoms. The maximum Gasteiger partial charge on any atom is 0.236 e. The molecule has 0 radical (unpaired) electrons. The minimum atomic E-state index is 0.321. The van der Waals surface area contributed by atoms with Gasteiger partial charge in [0.2, 0.25) is 5.91 Å². The Kier molecular flexibility index (Phi) is 5.37. The summed E-state index contributed by atoms with van der Waals surface area (Å²) in [6.45, 7) is 5.10. The predicted octanol–water partition coefficient (Wildman–Crippen LogP) is 2.07. The highest BCUT2D eigenvalue weighted by atomic mass is 32.2. The van der Waals surface area contributed by atoms with Crippen LogP contribution < -0.4 is 0 Å². The zero-order valence-corrected chi connectivity index (χ0v) is 12.5. The van der Waals surface area contributed by atoms with Crippen LogP contribution in [0.4, 0.5) is 0 Å². The molecule has 0 unspecified atom stereocenters. The fraction of sp³-hybridized carbons (Fsp3) is 0.929. The Morgan fingerprint density at radius 2 is 1.83 bits per heavy atom. The molecule has 1 aliphatic heterocycles. The highest BCUT2D eigenvalue weighted by Crippen LogP contribution is 2.26. The predicted molar refractivity (Wildman–Crippen MR) is 78.0 cm³/mol. The molecular formula is C14H26N2OS. The third-order valence-corrected chi connectivity index (χ3v) is 5.33. The van der Waals surface area contributed by atoms with E-state index < -0.39 is 0 Å². The van der Waals surface area contributed by atoms with Crippen molar-refractivity contribution in [2.45, 2.75) is 38.6 Å². The molecule has 1 aliphatic carbocycles. The van der Waals surface area contributed by atoms with Gasteiger partial charge in [-0.2, -0.15) is 11.8 Å². The summed E-state index contributed by atoms with van der Waals surface area (Å²) in [7, 11) is 2.00. The summed E-state index contributed by atoms with van der Waals surface area (Å²) in [5.74, 6) is 3.53. The van der Waals surface area contributed by atoms with Gasteiger partial charge in [-0.05, 0) is 31.6 Å². The Bertz CT molecular complexity index is 271. The molecule has 0 aromatic rings. The van der Waals surface area contributed by atoms with Crippen LogP contribution in [0, 0.1) is 5.92 Å². The van der Waals surface area contributed by atoms with Gasteiger partial charge in [0, 0.05) is 37.7 Å². The number of thioether (sulfide) groups is 1.